The number of para-hydroxylation sites is 2. The van der Waals surface area contributed by atoms with E-state index in [1.807, 2.05) is 71.8 Å². The van der Waals surface area contributed by atoms with Crippen LogP contribution in [0.15, 0.2) is 60.0 Å². The normalized spacial score (nSPS) is 13.5. The molecule has 2 aromatic heterocycles. The SMILES string of the molecule is Cc1cc(OCc2csc(CNC(=O)CCC(=O)N3CCN(c4ccccc4Cl)CC3)n2)c2ccccc2n1. The molecule has 1 fully saturated rings. The molecule has 1 aliphatic rings. The molecule has 10 heteroatoms. The van der Waals surface area contributed by atoms with Crippen LogP contribution < -0.4 is 15.0 Å². The number of aromatic nitrogens is 2. The van der Waals surface area contributed by atoms with Gasteiger partial charge in [-0.15, -0.1) is 11.3 Å². The predicted octanol–water partition coefficient (Wildman–Crippen LogP) is 4.98. The Balaban J connectivity index is 1.03. The number of hydrogen-bond donors (Lipinski definition) is 1. The molecule has 5 rings (SSSR count). The number of halogens is 1. The first-order chi connectivity index (χ1) is 19.0. The third-order valence-electron chi connectivity index (χ3n) is 6.61. The van der Waals surface area contributed by atoms with E-state index < -0.39 is 0 Å². The summed E-state index contributed by atoms with van der Waals surface area (Å²) in [5, 5.41) is 7.28. The van der Waals surface area contributed by atoms with Crippen LogP contribution in [-0.2, 0) is 22.7 Å². The van der Waals surface area contributed by atoms with Gasteiger partial charge in [-0.3, -0.25) is 14.6 Å². The first-order valence-corrected chi connectivity index (χ1v) is 14.2. The number of nitrogens with one attached hydrogen (secondary N) is 1. The van der Waals surface area contributed by atoms with Crippen LogP contribution >= 0.6 is 22.9 Å². The minimum Gasteiger partial charge on any atom is -0.486 e. The summed E-state index contributed by atoms with van der Waals surface area (Å²) in [6.45, 7) is 5.26. The van der Waals surface area contributed by atoms with Gasteiger partial charge in [0.1, 0.15) is 17.4 Å². The Kier molecular flexibility index (Phi) is 8.58. The lowest BCUT2D eigenvalue weighted by atomic mass is 10.2. The summed E-state index contributed by atoms with van der Waals surface area (Å²) in [7, 11) is 0. The summed E-state index contributed by atoms with van der Waals surface area (Å²) in [6, 6.07) is 17.5. The average molecular weight is 564 g/mol. The molecule has 2 amide bonds. The number of hydrogen-bond acceptors (Lipinski definition) is 7. The molecule has 0 radical (unpaired) electrons. The minimum absolute atomic E-state index is 0.00323. The second-order valence-corrected chi connectivity index (χ2v) is 10.7. The van der Waals surface area contributed by atoms with Crippen LogP contribution in [-0.4, -0.2) is 52.9 Å². The molecule has 2 aromatic carbocycles. The van der Waals surface area contributed by atoms with Gasteiger partial charge in [0.2, 0.25) is 11.8 Å². The topological polar surface area (TPSA) is 87.7 Å². The summed E-state index contributed by atoms with van der Waals surface area (Å²) in [6.07, 6.45) is 0.341. The number of fused-ring (bicyclic) bond motifs is 1. The van der Waals surface area contributed by atoms with E-state index >= 15 is 0 Å². The fourth-order valence-corrected chi connectivity index (χ4v) is 5.56. The number of piperazine rings is 1. The molecule has 4 aromatic rings. The Hall–Kier alpha value is -3.69. The van der Waals surface area contributed by atoms with Gasteiger partial charge in [-0.25, -0.2) is 4.98 Å². The molecule has 0 bridgehead atoms. The Bertz CT molecular complexity index is 1470. The molecule has 0 spiro atoms. The average Bonchev–Trinajstić information content (AvgIpc) is 3.41. The Morgan fingerprint density at radius 3 is 2.62 bits per heavy atom. The van der Waals surface area contributed by atoms with E-state index in [-0.39, 0.29) is 24.7 Å². The first-order valence-electron chi connectivity index (χ1n) is 12.9. The fraction of sp³-hybridized carbons (Fsp3) is 0.310. The van der Waals surface area contributed by atoms with E-state index in [1.165, 1.54) is 11.3 Å². The van der Waals surface area contributed by atoms with E-state index in [9.17, 15) is 9.59 Å². The van der Waals surface area contributed by atoms with E-state index in [0.717, 1.165) is 51.8 Å². The van der Waals surface area contributed by atoms with Gasteiger partial charge in [0.15, 0.2) is 0 Å². The number of pyridine rings is 1. The number of amides is 2. The quantitative estimate of drug-likeness (QED) is 0.309. The van der Waals surface area contributed by atoms with E-state index in [0.29, 0.717) is 31.3 Å². The number of benzene rings is 2. The summed E-state index contributed by atoms with van der Waals surface area (Å²) in [4.78, 5) is 38.2. The highest BCUT2D eigenvalue weighted by Gasteiger charge is 2.22. The zero-order valence-electron chi connectivity index (χ0n) is 21.7. The van der Waals surface area contributed by atoms with Crippen molar-refractivity contribution in [3.63, 3.8) is 0 Å². The fourth-order valence-electron chi connectivity index (χ4n) is 4.58. The number of aryl methyl sites for hydroxylation is 1. The molecule has 202 valence electrons. The maximum absolute atomic E-state index is 12.7. The second-order valence-electron chi connectivity index (χ2n) is 9.40. The third kappa shape index (κ3) is 6.85. The highest BCUT2D eigenvalue weighted by atomic mass is 35.5. The van der Waals surface area contributed by atoms with Crippen molar-refractivity contribution in [1.82, 2.24) is 20.2 Å². The van der Waals surface area contributed by atoms with E-state index in [1.54, 1.807) is 0 Å². The van der Waals surface area contributed by atoms with Crippen molar-refractivity contribution in [2.24, 2.45) is 0 Å². The highest BCUT2D eigenvalue weighted by molar-refractivity contribution is 7.09. The summed E-state index contributed by atoms with van der Waals surface area (Å²) >= 11 is 7.78. The van der Waals surface area contributed by atoms with Crippen LogP contribution in [0.25, 0.3) is 10.9 Å². The maximum atomic E-state index is 12.7. The van der Waals surface area contributed by atoms with E-state index in [2.05, 4.69) is 20.2 Å². The molecule has 0 atom stereocenters. The monoisotopic (exact) mass is 563 g/mol. The van der Waals surface area contributed by atoms with Gasteiger partial charge in [0.05, 0.1) is 28.5 Å². The van der Waals surface area contributed by atoms with E-state index in [4.69, 9.17) is 16.3 Å². The highest BCUT2D eigenvalue weighted by Crippen LogP contribution is 2.27. The number of carbonyl (C=O) groups excluding carboxylic acids is 2. The van der Waals surface area contributed by atoms with Gasteiger partial charge in [0, 0.05) is 61.5 Å². The van der Waals surface area contributed by atoms with Gasteiger partial charge < -0.3 is 19.9 Å². The third-order valence-corrected chi connectivity index (χ3v) is 7.83. The van der Waals surface area contributed by atoms with Crippen LogP contribution in [0.1, 0.15) is 29.2 Å². The van der Waals surface area contributed by atoms with Crippen LogP contribution in [0.5, 0.6) is 5.75 Å². The van der Waals surface area contributed by atoms with Crippen LogP contribution in [0.3, 0.4) is 0 Å². The van der Waals surface area contributed by atoms with Crippen molar-refractivity contribution < 1.29 is 14.3 Å². The molecular weight excluding hydrogens is 534 g/mol. The predicted molar refractivity (Wildman–Crippen MR) is 154 cm³/mol. The molecular formula is C29H30ClN5O3S. The van der Waals surface area contributed by atoms with Crippen LogP contribution in [0.2, 0.25) is 5.02 Å². The Morgan fingerprint density at radius 1 is 1.03 bits per heavy atom. The Morgan fingerprint density at radius 2 is 1.79 bits per heavy atom. The first kappa shape index (κ1) is 26.9. The number of ether oxygens (including phenoxy) is 1. The van der Waals surface area contributed by atoms with Crippen molar-refractivity contribution >= 4 is 51.3 Å². The van der Waals surface area contributed by atoms with Crippen molar-refractivity contribution in [2.75, 3.05) is 31.1 Å². The summed E-state index contributed by atoms with van der Waals surface area (Å²) in [5.74, 6) is 0.609. The standard InChI is InChI=1S/C29H30ClN5O3S/c1-20-16-26(22-6-2-4-8-24(22)32-20)38-18-21-19-39-28(33-21)17-31-27(36)10-11-29(37)35-14-12-34(13-15-35)25-9-5-3-7-23(25)30/h2-9,16,19H,10-15,17-18H2,1H3,(H,31,36). The lowest BCUT2D eigenvalue weighted by Crippen LogP contribution is -2.49. The van der Waals surface area contributed by atoms with Gasteiger partial charge >= 0.3 is 0 Å². The van der Waals surface area contributed by atoms with Gasteiger partial charge in [0.25, 0.3) is 0 Å². The van der Waals surface area contributed by atoms with Crippen molar-refractivity contribution in [2.45, 2.75) is 32.9 Å². The lowest BCUT2D eigenvalue weighted by Gasteiger charge is -2.36. The molecule has 1 saturated heterocycles. The second kappa shape index (κ2) is 12.4. The smallest absolute Gasteiger partial charge is 0.223 e. The number of thiazole rings is 1. The maximum Gasteiger partial charge on any atom is 0.223 e. The minimum atomic E-state index is -0.162. The summed E-state index contributed by atoms with van der Waals surface area (Å²) < 4.78 is 6.05. The van der Waals surface area contributed by atoms with Gasteiger partial charge in [-0.05, 0) is 31.2 Å². The molecule has 0 unspecified atom stereocenters. The van der Waals surface area contributed by atoms with Gasteiger partial charge in [-0.1, -0.05) is 35.9 Å². The Labute approximate surface area is 236 Å². The number of nitrogens with zero attached hydrogens (tertiary/aromatic N) is 4. The number of anilines is 1. The van der Waals surface area contributed by atoms with Crippen molar-refractivity contribution in [3.05, 3.63) is 81.4 Å². The molecule has 39 heavy (non-hydrogen) atoms. The number of carbonyl (C=O) groups is 2. The van der Waals surface area contributed by atoms with Crippen molar-refractivity contribution in [3.8, 4) is 5.75 Å². The van der Waals surface area contributed by atoms with Gasteiger partial charge in [-0.2, -0.15) is 0 Å². The summed E-state index contributed by atoms with van der Waals surface area (Å²) in [5.41, 5.74) is 3.58. The largest absolute Gasteiger partial charge is 0.486 e. The molecule has 1 aliphatic heterocycles. The molecule has 8 nitrogen and oxygen atoms in total. The van der Waals surface area contributed by atoms with Crippen LogP contribution in [0, 0.1) is 6.92 Å². The molecule has 0 saturated carbocycles. The molecule has 3 heterocycles. The number of rotatable bonds is 9. The van der Waals surface area contributed by atoms with Crippen molar-refractivity contribution in [1.29, 1.82) is 0 Å². The molecule has 1 N–H and O–H groups in total. The lowest BCUT2D eigenvalue weighted by molar-refractivity contribution is -0.133. The zero-order chi connectivity index (χ0) is 27.2. The molecule has 0 aliphatic carbocycles. The zero-order valence-corrected chi connectivity index (χ0v) is 23.3. The van der Waals surface area contributed by atoms with Crippen LogP contribution in [0.4, 0.5) is 5.69 Å².